The van der Waals surface area contributed by atoms with Gasteiger partial charge in [-0.25, -0.2) is 4.79 Å². The van der Waals surface area contributed by atoms with E-state index in [0.29, 0.717) is 17.9 Å². The van der Waals surface area contributed by atoms with Crippen LogP contribution in [-0.4, -0.2) is 9.55 Å². The van der Waals surface area contributed by atoms with Gasteiger partial charge in [-0.3, -0.25) is 14.3 Å². The van der Waals surface area contributed by atoms with Crippen LogP contribution >= 0.6 is 0 Å². The largest absolute Gasteiger partial charge is 0.356 e. The molecule has 0 radical (unpaired) electrons. The van der Waals surface area contributed by atoms with Crippen LogP contribution in [0.2, 0.25) is 0 Å². The Morgan fingerprint density at radius 2 is 1.63 bits per heavy atom. The van der Waals surface area contributed by atoms with Crippen LogP contribution in [0.15, 0.2) is 82.4 Å². The van der Waals surface area contributed by atoms with Gasteiger partial charge in [0.05, 0.1) is 6.61 Å². The molecule has 0 bridgehead atoms. The van der Waals surface area contributed by atoms with E-state index in [-0.39, 0.29) is 18.2 Å². The number of rotatable bonds is 6. The lowest BCUT2D eigenvalue weighted by molar-refractivity contribution is 0.0584. The molecule has 1 unspecified atom stereocenters. The summed E-state index contributed by atoms with van der Waals surface area (Å²) < 4.78 is 7.37. The SMILES string of the molecule is Cc1c(C(C)c2cccc3ccccc23)n(COCc2ccccc2)c(=O)[nH]c1=O. The van der Waals surface area contributed by atoms with Crippen molar-refractivity contribution in [2.24, 2.45) is 0 Å². The molecule has 152 valence electrons. The lowest BCUT2D eigenvalue weighted by Gasteiger charge is -2.22. The third kappa shape index (κ3) is 3.84. The molecule has 0 aliphatic carbocycles. The minimum absolute atomic E-state index is 0.0653. The molecule has 0 amide bonds. The van der Waals surface area contributed by atoms with E-state index < -0.39 is 5.69 Å². The maximum absolute atomic E-state index is 12.7. The number of aromatic amines is 1. The van der Waals surface area contributed by atoms with E-state index in [9.17, 15) is 9.59 Å². The Balaban J connectivity index is 1.74. The second-order valence-electron chi connectivity index (χ2n) is 7.45. The fourth-order valence-corrected chi connectivity index (χ4v) is 3.98. The maximum atomic E-state index is 12.7. The number of hydrogen-bond acceptors (Lipinski definition) is 3. The van der Waals surface area contributed by atoms with Crippen molar-refractivity contribution in [2.45, 2.75) is 33.1 Å². The van der Waals surface area contributed by atoms with Crippen LogP contribution in [0.3, 0.4) is 0 Å². The quantitative estimate of drug-likeness (QED) is 0.524. The van der Waals surface area contributed by atoms with Crippen LogP contribution in [0.4, 0.5) is 0 Å². The average Bonchev–Trinajstić information content (AvgIpc) is 2.77. The minimum Gasteiger partial charge on any atom is -0.356 e. The Hall–Kier alpha value is -3.44. The number of benzene rings is 3. The number of H-pyrrole nitrogens is 1. The highest BCUT2D eigenvalue weighted by atomic mass is 16.5. The third-order valence-electron chi connectivity index (χ3n) is 5.51. The van der Waals surface area contributed by atoms with Gasteiger partial charge < -0.3 is 4.74 Å². The second kappa shape index (κ2) is 8.51. The molecule has 1 atom stereocenters. The molecule has 0 spiro atoms. The zero-order valence-corrected chi connectivity index (χ0v) is 17.1. The van der Waals surface area contributed by atoms with Gasteiger partial charge in [0.2, 0.25) is 0 Å². The zero-order chi connectivity index (χ0) is 21.1. The van der Waals surface area contributed by atoms with E-state index in [1.54, 1.807) is 6.92 Å². The van der Waals surface area contributed by atoms with E-state index in [4.69, 9.17) is 4.74 Å². The van der Waals surface area contributed by atoms with Gasteiger partial charge in [0.1, 0.15) is 6.73 Å². The van der Waals surface area contributed by atoms with E-state index in [2.05, 4.69) is 23.2 Å². The molecule has 1 N–H and O–H groups in total. The van der Waals surface area contributed by atoms with Crippen LogP contribution in [-0.2, 0) is 18.1 Å². The van der Waals surface area contributed by atoms with Crippen molar-refractivity contribution in [3.63, 3.8) is 0 Å². The monoisotopic (exact) mass is 400 g/mol. The molecule has 0 aliphatic heterocycles. The summed E-state index contributed by atoms with van der Waals surface area (Å²) in [5.74, 6) is -0.161. The summed E-state index contributed by atoms with van der Waals surface area (Å²) in [4.78, 5) is 27.5. The van der Waals surface area contributed by atoms with Crippen LogP contribution < -0.4 is 11.2 Å². The van der Waals surface area contributed by atoms with Gasteiger partial charge in [0.25, 0.3) is 5.56 Å². The Kier molecular flexibility index (Phi) is 5.63. The Morgan fingerprint density at radius 1 is 0.933 bits per heavy atom. The Bertz CT molecular complexity index is 1280. The first-order chi connectivity index (χ1) is 14.6. The molecule has 1 heterocycles. The molecule has 0 saturated carbocycles. The van der Waals surface area contributed by atoms with Gasteiger partial charge in [-0.05, 0) is 28.8 Å². The van der Waals surface area contributed by atoms with Crippen molar-refractivity contribution in [1.29, 1.82) is 0 Å². The summed E-state index contributed by atoms with van der Waals surface area (Å²) in [6.07, 6.45) is 0. The van der Waals surface area contributed by atoms with E-state index in [1.165, 1.54) is 4.57 Å². The summed E-state index contributed by atoms with van der Waals surface area (Å²) in [6, 6.07) is 24.0. The lowest BCUT2D eigenvalue weighted by Crippen LogP contribution is -2.36. The molecule has 4 aromatic rings. The summed E-state index contributed by atoms with van der Waals surface area (Å²) in [5, 5.41) is 2.23. The highest BCUT2D eigenvalue weighted by Crippen LogP contribution is 2.30. The molecule has 5 heteroatoms. The number of ether oxygens (including phenoxy) is 1. The molecular formula is C25H24N2O3. The van der Waals surface area contributed by atoms with Gasteiger partial charge in [-0.15, -0.1) is 0 Å². The Labute approximate surface area is 174 Å². The van der Waals surface area contributed by atoms with Gasteiger partial charge in [-0.2, -0.15) is 0 Å². The first-order valence-corrected chi connectivity index (χ1v) is 9.99. The first-order valence-electron chi connectivity index (χ1n) is 9.99. The molecule has 0 saturated heterocycles. The van der Waals surface area contributed by atoms with Crippen LogP contribution in [0.5, 0.6) is 0 Å². The third-order valence-corrected chi connectivity index (χ3v) is 5.51. The van der Waals surface area contributed by atoms with Crippen molar-refractivity contribution in [1.82, 2.24) is 9.55 Å². The van der Waals surface area contributed by atoms with Crippen LogP contribution in [0, 0.1) is 6.92 Å². The standard InChI is InChI=1S/C25H24N2O3/c1-17(21-14-8-12-20-11-6-7-13-22(20)21)23-18(2)24(28)26-25(29)27(23)16-30-15-19-9-4-3-5-10-19/h3-14,17H,15-16H2,1-2H3,(H,26,28,29). The number of fused-ring (bicyclic) bond motifs is 1. The first kappa shape index (κ1) is 19.9. The van der Waals surface area contributed by atoms with Gasteiger partial charge in [-0.1, -0.05) is 79.7 Å². The van der Waals surface area contributed by atoms with Crippen LogP contribution in [0.1, 0.15) is 35.2 Å². The van der Waals surface area contributed by atoms with Crippen molar-refractivity contribution in [2.75, 3.05) is 0 Å². The number of hydrogen-bond donors (Lipinski definition) is 1. The number of nitrogens with zero attached hydrogens (tertiary/aromatic N) is 1. The topological polar surface area (TPSA) is 64.1 Å². The molecular weight excluding hydrogens is 376 g/mol. The van der Waals surface area contributed by atoms with E-state index in [0.717, 1.165) is 21.9 Å². The van der Waals surface area contributed by atoms with Gasteiger partial charge >= 0.3 is 5.69 Å². The predicted molar refractivity (Wildman–Crippen MR) is 119 cm³/mol. The summed E-state index contributed by atoms with van der Waals surface area (Å²) in [6.45, 7) is 4.23. The van der Waals surface area contributed by atoms with Gasteiger partial charge in [0.15, 0.2) is 0 Å². The molecule has 30 heavy (non-hydrogen) atoms. The molecule has 5 nitrogen and oxygen atoms in total. The zero-order valence-electron chi connectivity index (χ0n) is 17.1. The van der Waals surface area contributed by atoms with E-state index >= 15 is 0 Å². The number of aromatic nitrogens is 2. The van der Waals surface area contributed by atoms with Crippen LogP contribution in [0.25, 0.3) is 10.8 Å². The lowest BCUT2D eigenvalue weighted by atomic mass is 9.90. The molecule has 4 rings (SSSR count). The summed E-state index contributed by atoms with van der Waals surface area (Å²) in [5.41, 5.74) is 2.47. The van der Waals surface area contributed by atoms with Crippen molar-refractivity contribution < 1.29 is 4.74 Å². The molecule has 0 aliphatic rings. The Morgan fingerprint density at radius 3 is 2.43 bits per heavy atom. The fraction of sp³-hybridized carbons (Fsp3) is 0.200. The molecule has 0 fully saturated rings. The van der Waals surface area contributed by atoms with Crippen molar-refractivity contribution in [3.8, 4) is 0 Å². The minimum atomic E-state index is -0.458. The highest BCUT2D eigenvalue weighted by molar-refractivity contribution is 5.86. The second-order valence-corrected chi connectivity index (χ2v) is 7.45. The number of nitrogens with one attached hydrogen (secondary N) is 1. The van der Waals surface area contributed by atoms with Crippen molar-refractivity contribution in [3.05, 3.63) is 116 Å². The van der Waals surface area contributed by atoms with E-state index in [1.807, 2.05) is 61.5 Å². The van der Waals surface area contributed by atoms with Gasteiger partial charge in [0, 0.05) is 17.2 Å². The highest BCUT2D eigenvalue weighted by Gasteiger charge is 2.20. The fourth-order valence-electron chi connectivity index (χ4n) is 3.98. The maximum Gasteiger partial charge on any atom is 0.330 e. The summed E-state index contributed by atoms with van der Waals surface area (Å²) >= 11 is 0. The summed E-state index contributed by atoms with van der Waals surface area (Å²) in [7, 11) is 0. The smallest absolute Gasteiger partial charge is 0.330 e. The predicted octanol–water partition coefficient (Wildman–Crippen LogP) is 4.32. The molecule has 1 aromatic heterocycles. The average molecular weight is 400 g/mol. The molecule has 3 aromatic carbocycles. The van der Waals surface area contributed by atoms with Crippen molar-refractivity contribution >= 4 is 10.8 Å². The normalized spacial score (nSPS) is 12.2.